The first-order valence-electron chi connectivity index (χ1n) is 12.2. The summed E-state index contributed by atoms with van der Waals surface area (Å²) in [7, 11) is 1.45. The van der Waals surface area contributed by atoms with E-state index in [9.17, 15) is 15.0 Å². The molecule has 0 saturated carbocycles. The van der Waals surface area contributed by atoms with Gasteiger partial charge in [0.2, 0.25) is 6.29 Å². The maximum absolute atomic E-state index is 13.3. The molecular formula is C29H32ClNO6. The molecule has 196 valence electrons. The fourth-order valence-electron chi connectivity index (χ4n) is 4.60. The van der Waals surface area contributed by atoms with Crippen molar-refractivity contribution in [3.05, 3.63) is 88.9 Å². The van der Waals surface area contributed by atoms with E-state index < -0.39 is 30.2 Å². The fourth-order valence-corrected chi connectivity index (χ4v) is 4.84. The monoisotopic (exact) mass is 525 g/mol. The first-order chi connectivity index (χ1) is 17.7. The number of methoxy groups -OCH3 is 1. The zero-order valence-electron chi connectivity index (χ0n) is 21.1. The molecule has 0 spiro atoms. The van der Waals surface area contributed by atoms with E-state index in [1.54, 1.807) is 38.1 Å². The fraction of sp³-hybridized carbons (Fsp3) is 0.345. The van der Waals surface area contributed by atoms with Crippen LogP contribution in [-0.2, 0) is 15.9 Å². The molecule has 0 radical (unpaired) electrons. The van der Waals surface area contributed by atoms with Gasteiger partial charge in [0.25, 0.3) is 5.91 Å². The van der Waals surface area contributed by atoms with Gasteiger partial charge in [0, 0.05) is 24.2 Å². The number of halogens is 1. The van der Waals surface area contributed by atoms with Crippen molar-refractivity contribution in [1.82, 2.24) is 5.32 Å². The number of hydrogen-bond acceptors (Lipinski definition) is 6. The summed E-state index contributed by atoms with van der Waals surface area (Å²) in [4.78, 5) is 13.3. The van der Waals surface area contributed by atoms with E-state index >= 15 is 0 Å². The second-order valence-electron chi connectivity index (χ2n) is 9.52. The predicted molar refractivity (Wildman–Crippen MR) is 142 cm³/mol. The summed E-state index contributed by atoms with van der Waals surface area (Å²) in [5.74, 6) is 0.00755. The predicted octanol–water partition coefficient (Wildman–Crippen LogP) is 4.23. The third-order valence-corrected chi connectivity index (χ3v) is 6.82. The Balaban J connectivity index is 1.60. The van der Waals surface area contributed by atoms with Crippen LogP contribution in [0.2, 0.25) is 5.02 Å². The van der Waals surface area contributed by atoms with Crippen molar-refractivity contribution in [1.29, 1.82) is 0 Å². The van der Waals surface area contributed by atoms with Gasteiger partial charge in [0.1, 0.15) is 24.1 Å². The van der Waals surface area contributed by atoms with Gasteiger partial charge >= 0.3 is 0 Å². The van der Waals surface area contributed by atoms with Gasteiger partial charge in [-0.2, -0.15) is 0 Å². The summed E-state index contributed by atoms with van der Waals surface area (Å²) in [6.07, 6.45) is -3.81. The zero-order chi connectivity index (χ0) is 26.6. The molecule has 1 saturated heterocycles. The molecule has 3 N–H and O–H groups in total. The first-order valence-corrected chi connectivity index (χ1v) is 12.5. The summed E-state index contributed by atoms with van der Waals surface area (Å²) < 4.78 is 17.2. The maximum Gasteiger partial charge on any atom is 0.252 e. The van der Waals surface area contributed by atoms with Gasteiger partial charge in [-0.15, -0.1) is 0 Å². The standard InChI is InChI=1S/C29H32ClNO6/c1-29(2)26(35-3)24(32)25(33)28(37-29)36-19-13-14-20(21-11-7-8-12-23(21)30)22(17-19)27(34)31-16-15-18-9-5-4-6-10-18/h4-14,17,24-26,28,32-33H,15-16H2,1-3H3,(H,31,34)/t24-,25+,26+,28-/m0/s1. The van der Waals surface area contributed by atoms with Gasteiger partial charge in [-0.25, -0.2) is 0 Å². The van der Waals surface area contributed by atoms with Crippen molar-refractivity contribution in [2.75, 3.05) is 13.7 Å². The molecule has 0 unspecified atom stereocenters. The molecule has 0 bridgehead atoms. The van der Waals surface area contributed by atoms with Crippen LogP contribution < -0.4 is 10.1 Å². The highest BCUT2D eigenvalue weighted by Crippen LogP contribution is 2.35. The third-order valence-electron chi connectivity index (χ3n) is 6.49. The smallest absolute Gasteiger partial charge is 0.252 e. The quantitative estimate of drug-likeness (QED) is 0.407. The zero-order valence-corrected chi connectivity index (χ0v) is 21.8. The highest BCUT2D eigenvalue weighted by molar-refractivity contribution is 6.33. The summed E-state index contributed by atoms with van der Waals surface area (Å²) in [6, 6.07) is 22.2. The van der Waals surface area contributed by atoms with Gasteiger partial charge in [0.05, 0.1) is 11.2 Å². The summed E-state index contributed by atoms with van der Waals surface area (Å²) >= 11 is 6.45. The average Bonchev–Trinajstić information content (AvgIpc) is 2.88. The highest BCUT2D eigenvalue weighted by Gasteiger charge is 2.50. The molecule has 1 amide bonds. The minimum Gasteiger partial charge on any atom is -0.462 e. The topological polar surface area (TPSA) is 97.3 Å². The Morgan fingerprint density at radius 3 is 2.41 bits per heavy atom. The molecule has 1 aliphatic rings. The normalized spacial score (nSPS) is 22.9. The Bertz CT molecular complexity index is 1220. The van der Waals surface area contributed by atoms with Crippen LogP contribution in [0.1, 0.15) is 29.8 Å². The van der Waals surface area contributed by atoms with Crippen LogP contribution in [0.25, 0.3) is 11.1 Å². The van der Waals surface area contributed by atoms with E-state index in [4.69, 9.17) is 25.8 Å². The Morgan fingerprint density at radius 1 is 1.00 bits per heavy atom. The van der Waals surface area contributed by atoms with E-state index in [1.165, 1.54) is 7.11 Å². The van der Waals surface area contributed by atoms with Gasteiger partial charge in [0.15, 0.2) is 0 Å². The molecule has 1 fully saturated rings. The van der Waals surface area contributed by atoms with Crippen molar-refractivity contribution >= 4 is 17.5 Å². The number of rotatable bonds is 8. The lowest BCUT2D eigenvalue weighted by Gasteiger charge is -2.46. The van der Waals surface area contributed by atoms with Crippen molar-refractivity contribution in [3.8, 4) is 16.9 Å². The second-order valence-corrected chi connectivity index (χ2v) is 9.93. The van der Waals surface area contributed by atoms with E-state index in [0.29, 0.717) is 40.4 Å². The van der Waals surface area contributed by atoms with Crippen molar-refractivity contribution < 1.29 is 29.2 Å². The van der Waals surface area contributed by atoms with E-state index in [-0.39, 0.29) is 5.91 Å². The Labute approximate surface area is 221 Å². The van der Waals surface area contributed by atoms with Crippen LogP contribution in [0.3, 0.4) is 0 Å². The number of ether oxygens (including phenoxy) is 3. The number of nitrogens with one attached hydrogen (secondary N) is 1. The summed E-state index contributed by atoms with van der Waals surface area (Å²) in [6.45, 7) is 3.94. The first kappa shape index (κ1) is 27.1. The molecule has 4 atom stereocenters. The minimum absolute atomic E-state index is 0.291. The maximum atomic E-state index is 13.3. The molecular weight excluding hydrogens is 494 g/mol. The lowest BCUT2D eigenvalue weighted by molar-refractivity contribution is -0.305. The molecule has 1 aliphatic heterocycles. The largest absolute Gasteiger partial charge is 0.462 e. The van der Waals surface area contributed by atoms with Gasteiger partial charge < -0.3 is 29.7 Å². The number of carbonyl (C=O) groups excluding carboxylic acids is 1. The SMILES string of the molecule is CO[C@@H]1[C@@H](O)[C@@H](O)[C@@H](Oc2ccc(-c3ccccc3Cl)c(C(=O)NCCc3ccccc3)c2)OC1(C)C. The van der Waals surface area contributed by atoms with Crippen molar-refractivity contribution in [3.63, 3.8) is 0 Å². The van der Waals surface area contributed by atoms with Crippen LogP contribution in [0.5, 0.6) is 5.75 Å². The number of aliphatic hydroxyl groups is 2. The van der Waals surface area contributed by atoms with E-state index in [1.807, 2.05) is 48.5 Å². The molecule has 3 aromatic rings. The molecule has 4 rings (SSSR count). The number of amides is 1. The van der Waals surface area contributed by atoms with Crippen LogP contribution in [-0.4, -0.2) is 60.0 Å². The number of hydrogen-bond donors (Lipinski definition) is 3. The van der Waals surface area contributed by atoms with Crippen LogP contribution in [0.15, 0.2) is 72.8 Å². The summed E-state index contributed by atoms with van der Waals surface area (Å²) in [5, 5.41) is 24.7. The lowest BCUT2D eigenvalue weighted by atomic mass is 9.89. The highest BCUT2D eigenvalue weighted by atomic mass is 35.5. The summed E-state index contributed by atoms with van der Waals surface area (Å²) in [5.41, 5.74) is 1.90. The average molecular weight is 526 g/mol. The van der Waals surface area contributed by atoms with Crippen molar-refractivity contribution in [2.24, 2.45) is 0 Å². The second kappa shape index (κ2) is 11.6. The molecule has 1 heterocycles. The van der Waals surface area contributed by atoms with Gasteiger partial charge in [-0.05, 0) is 55.7 Å². The minimum atomic E-state index is -1.36. The van der Waals surface area contributed by atoms with Crippen LogP contribution >= 0.6 is 11.6 Å². The molecule has 0 aromatic heterocycles. The molecule has 8 heteroatoms. The van der Waals surface area contributed by atoms with Crippen LogP contribution in [0, 0.1) is 0 Å². The van der Waals surface area contributed by atoms with Gasteiger partial charge in [-0.3, -0.25) is 4.79 Å². The third kappa shape index (κ3) is 6.14. The Kier molecular flexibility index (Phi) is 8.52. The number of aliphatic hydroxyl groups excluding tert-OH is 2. The van der Waals surface area contributed by atoms with E-state index in [2.05, 4.69) is 5.32 Å². The molecule has 7 nitrogen and oxygen atoms in total. The van der Waals surface area contributed by atoms with Crippen LogP contribution in [0.4, 0.5) is 0 Å². The number of benzene rings is 3. The van der Waals surface area contributed by atoms with Gasteiger partial charge in [-0.1, -0.05) is 60.1 Å². The number of carbonyl (C=O) groups is 1. The van der Waals surface area contributed by atoms with E-state index in [0.717, 1.165) is 5.56 Å². The Hall–Kier alpha value is -2.94. The Morgan fingerprint density at radius 2 is 1.70 bits per heavy atom. The molecule has 3 aromatic carbocycles. The van der Waals surface area contributed by atoms with Crippen molar-refractivity contribution in [2.45, 2.75) is 50.5 Å². The molecule has 0 aliphatic carbocycles. The molecule has 37 heavy (non-hydrogen) atoms. The lowest BCUT2D eigenvalue weighted by Crippen LogP contribution is -2.63.